The van der Waals surface area contributed by atoms with Crippen LogP contribution in [0.1, 0.15) is 17.8 Å². The van der Waals surface area contributed by atoms with E-state index in [1.54, 1.807) is 6.92 Å². The van der Waals surface area contributed by atoms with Gasteiger partial charge >= 0.3 is 0 Å². The van der Waals surface area contributed by atoms with E-state index in [2.05, 4.69) is 10.1 Å². The molecule has 0 N–H and O–H groups in total. The van der Waals surface area contributed by atoms with Gasteiger partial charge in [-0.15, -0.1) is 16.9 Å². The molecule has 0 aliphatic heterocycles. The number of halogens is 3. The van der Waals surface area contributed by atoms with Gasteiger partial charge < -0.3 is 0 Å². The van der Waals surface area contributed by atoms with Crippen LogP contribution in [0.4, 0.5) is 13.2 Å². The molecule has 2 aromatic rings. The maximum absolute atomic E-state index is 13.9. The summed E-state index contributed by atoms with van der Waals surface area (Å²) in [6, 6.07) is 4.72. The first kappa shape index (κ1) is 14.4. The fourth-order valence-electron chi connectivity index (χ4n) is 1.58. The van der Waals surface area contributed by atoms with Gasteiger partial charge in [-0.25, -0.2) is 22.8 Å². The van der Waals surface area contributed by atoms with E-state index in [4.69, 9.17) is 5.26 Å². The first-order valence-corrected chi connectivity index (χ1v) is 6.51. The molecule has 0 radical (unpaired) electrons. The number of hydrogen-bond donors (Lipinski definition) is 0. The van der Waals surface area contributed by atoms with Crippen LogP contribution in [0.15, 0.2) is 23.4 Å². The molecule has 0 bridgehead atoms. The summed E-state index contributed by atoms with van der Waals surface area (Å²) in [5.74, 6) is -1.03. The average molecular weight is 298 g/mol. The van der Waals surface area contributed by atoms with Gasteiger partial charge in [0, 0.05) is 4.90 Å². The Kier molecular flexibility index (Phi) is 4.29. The monoisotopic (exact) mass is 298 g/mol. The van der Waals surface area contributed by atoms with Crippen molar-refractivity contribution in [3.05, 3.63) is 35.7 Å². The molecule has 0 amide bonds. The fourth-order valence-corrected chi connectivity index (χ4v) is 2.28. The molecule has 0 aliphatic carbocycles. The van der Waals surface area contributed by atoms with Gasteiger partial charge in [-0.3, -0.25) is 0 Å². The van der Waals surface area contributed by atoms with E-state index in [1.807, 2.05) is 6.07 Å². The van der Waals surface area contributed by atoms with Crippen molar-refractivity contribution in [1.29, 1.82) is 5.26 Å². The van der Waals surface area contributed by atoms with Crippen LogP contribution in [0, 0.1) is 24.1 Å². The summed E-state index contributed by atoms with van der Waals surface area (Å²) in [7, 11) is 0. The number of thioether (sulfide) groups is 1. The van der Waals surface area contributed by atoms with Gasteiger partial charge in [-0.1, -0.05) is 0 Å². The van der Waals surface area contributed by atoms with E-state index in [-0.39, 0.29) is 11.4 Å². The van der Waals surface area contributed by atoms with Gasteiger partial charge in [0.15, 0.2) is 0 Å². The molecule has 0 spiro atoms. The Morgan fingerprint density at radius 2 is 2.20 bits per heavy atom. The van der Waals surface area contributed by atoms with Gasteiger partial charge in [0.1, 0.15) is 17.8 Å². The third-order valence-corrected chi connectivity index (χ3v) is 3.51. The molecular weight excluding hydrogens is 289 g/mol. The SMILES string of the molecule is Cc1cc(F)c(-n2cnc(C(F)F)n2)cc1SCC#N. The highest BCUT2D eigenvalue weighted by Crippen LogP contribution is 2.27. The minimum Gasteiger partial charge on any atom is -0.218 e. The van der Waals surface area contributed by atoms with Crippen LogP contribution >= 0.6 is 11.8 Å². The number of aryl methyl sites for hydroxylation is 1. The van der Waals surface area contributed by atoms with Crippen molar-refractivity contribution >= 4 is 11.8 Å². The molecule has 1 aromatic heterocycles. The van der Waals surface area contributed by atoms with Crippen LogP contribution in [-0.2, 0) is 0 Å². The number of nitrogens with zero attached hydrogens (tertiary/aromatic N) is 4. The normalized spacial score (nSPS) is 10.8. The standard InChI is InChI=1S/C12H9F3N4S/c1-7-4-8(13)9(5-10(7)20-3-2-16)19-6-17-12(18-19)11(14)15/h4-6,11H,3H2,1H3. The van der Waals surface area contributed by atoms with Gasteiger partial charge in [0.05, 0.1) is 11.8 Å². The number of hydrogen-bond acceptors (Lipinski definition) is 4. The minimum absolute atomic E-state index is 0.0236. The molecule has 4 nitrogen and oxygen atoms in total. The lowest BCUT2D eigenvalue weighted by molar-refractivity contribution is 0.140. The summed E-state index contributed by atoms with van der Waals surface area (Å²) in [6.45, 7) is 1.71. The lowest BCUT2D eigenvalue weighted by Gasteiger charge is -2.08. The molecule has 0 saturated heterocycles. The van der Waals surface area contributed by atoms with Crippen LogP contribution < -0.4 is 0 Å². The number of rotatable bonds is 4. The van der Waals surface area contributed by atoms with Gasteiger partial charge in [-0.2, -0.15) is 5.26 Å². The van der Waals surface area contributed by atoms with Crippen LogP contribution in [0.3, 0.4) is 0 Å². The van der Waals surface area contributed by atoms with E-state index in [0.29, 0.717) is 10.5 Å². The third-order valence-electron chi connectivity index (χ3n) is 2.49. The average Bonchev–Trinajstić information content (AvgIpc) is 2.87. The Labute approximate surface area is 117 Å². The summed E-state index contributed by atoms with van der Waals surface area (Å²) in [6.07, 6.45) is -1.77. The maximum Gasteiger partial charge on any atom is 0.299 e. The largest absolute Gasteiger partial charge is 0.299 e. The molecule has 8 heteroatoms. The molecule has 0 aliphatic rings. The van der Waals surface area contributed by atoms with Crippen molar-refractivity contribution in [2.24, 2.45) is 0 Å². The molecular formula is C12H9F3N4S. The summed E-state index contributed by atoms with van der Waals surface area (Å²) >= 11 is 1.24. The van der Waals surface area contributed by atoms with Crippen molar-refractivity contribution in [3.63, 3.8) is 0 Å². The van der Waals surface area contributed by atoms with Crippen molar-refractivity contribution in [2.45, 2.75) is 18.2 Å². The topological polar surface area (TPSA) is 54.5 Å². The van der Waals surface area contributed by atoms with Gasteiger partial charge in [-0.05, 0) is 24.6 Å². The molecule has 0 fully saturated rings. The zero-order valence-electron chi connectivity index (χ0n) is 10.3. The predicted octanol–water partition coefficient (Wildman–Crippen LogP) is 3.27. The highest BCUT2D eigenvalue weighted by atomic mass is 32.2. The van der Waals surface area contributed by atoms with E-state index in [1.165, 1.54) is 23.9 Å². The van der Waals surface area contributed by atoms with Crippen LogP contribution in [-0.4, -0.2) is 20.5 Å². The predicted molar refractivity (Wildman–Crippen MR) is 67.3 cm³/mol. The van der Waals surface area contributed by atoms with Crippen LogP contribution in [0.2, 0.25) is 0 Å². The first-order valence-electron chi connectivity index (χ1n) is 5.53. The molecule has 104 valence electrons. The molecule has 20 heavy (non-hydrogen) atoms. The molecule has 0 unspecified atom stereocenters. The lowest BCUT2D eigenvalue weighted by atomic mass is 10.2. The number of benzene rings is 1. The molecule has 0 atom stereocenters. The van der Waals surface area contributed by atoms with E-state index < -0.39 is 18.1 Å². The Bertz CT molecular complexity index is 663. The smallest absolute Gasteiger partial charge is 0.218 e. The first-order chi connectivity index (χ1) is 9.52. The second-order valence-electron chi connectivity index (χ2n) is 3.86. The van der Waals surface area contributed by atoms with Gasteiger partial charge in [0.25, 0.3) is 6.43 Å². The van der Waals surface area contributed by atoms with Gasteiger partial charge in [0.2, 0.25) is 5.82 Å². The molecule has 1 heterocycles. The quantitative estimate of drug-likeness (QED) is 0.813. The Hall–Kier alpha value is -2.01. The van der Waals surface area contributed by atoms with E-state index in [0.717, 1.165) is 11.0 Å². The van der Waals surface area contributed by atoms with Crippen molar-refractivity contribution in [2.75, 3.05) is 5.75 Å². The summed E-state index contributed by atoms with van der Waals surface area (Å²) in [4.78, 5) is 4.12. The third kappa shape index (κ3) is 2.93. The second-order valence-corrected chi connectivity index (χ2v) is 4.88. The minimum atomic E-state index is -2.81. The zero-order chi connectivity index (χ0) is 14.7. The fraction of sp³-hybridized carbons (Fsp3) is 0.250. The lowest BCUT2D eigenvalue weighted by Crippen LogP contribution is -2.01. The Morgan fingerprint density at radius 1 is 1.45 bits per heavy atom. The molecule has 2 rings (SSSR count). The summed E-state index contributed by atoms with van der Waals surface area (Å²) in [5, 5.41) is 12.1. The van der Waals surface area contributed by atoms with Crippen LogP contribution in [0.5, 0.6) is 0 Å². The molecule has 1 aromatic carbocycles. The zero-order valence-corrected chi connectivity index (χ0v) is 11.2. The Balaban J connectivity index is 2.42. The van der Waals surface area contributed by atoms with Crippen molar-refractivity contribution in [1.82, 2.24) is 14.8 Å². The molecule has 0 saturated carbocycles. The van der Waals surface area contributed by atoms with Crippen LogP contribution in [0.25, 0.3) is 5.69 Å². The maximum atomic E-state index is 13.9. The van der Waals surface area contributed by atoms with Crippen molar-refractivity contribution in [3.8, 4) is 11.8 Å². The summed E-state index contributed by atoms with van der Waals surface area (Å²) < 4.78 is 39.7. The van der Waals surface area contributed by atoms with Crippen molar-refractivity contribution < 1.29 is 13.2 Å². The second kappa shape index (κ2) is 5.96. The Morgan fingerprint density at radius 3 is 2.80 bits per heavy atom. The number of nitriles is 1. The van der Waals surface area contributed by atoms with E-state index in [9.17, 15) is 13.2 Å². The van der Waals surface area contributed by atoms with E-state index >= 15 is 0 Å². The highest BCUT2D eigenvalue weighted by Gasteiger charge is 2.16. The number of alkyl halides is 2. The highest BCUT2D eigenvalue weighted by molar-refractivity contribution is 7.99. The summed E-state index contributed by atoms with van der Waals surface area (Å²) in [5.41, 5.74) is 0.691. The number of aromatic nitrogens is 3.